The molecule has 1 amide bonds. The fourth-order valence-corrected chi connectivity index (χ4v) is 2.44. The Bertz CT molecular complexity index is 672. The van der Waals surface area contributed by atoms with E-state index in [9.17, 15) is 9.90 Å². The molecule has 0 saturated heterocycles. The lowest BCUT2D eigenvalue weighted by Crippen LogP contribution is -2.31. The third-order valence-corrected chi connectivity index (χ3v) is 4.41. The zero-order chi connectivity index (χ0) is 16.3. The number of aliphatic hydroxyl groups is 1. The highest BCUT2D eigenvalue weighted by Gasteiger charge is 2.41. The Morgan fingerprint density at radius 2 is 2.09 bits per heavy atom. The molecule has 1 saturated carbocycles. The minimum atomic E-state index is -0.0583. The van der Waals surface area contributed by atoms with Crippen LogP contribution in [0.4, 0.5) is 0 Å². The molecule has 2 N–H and O–H groups in total. The van der Waals surface area contributed by atoms with Crippen LogP contribution in [0.5, 0.6) is 0 Å². The molecule has 3 rings (SSSR count). The quantitative estimate of drug-likeness (QED) is 0.823. The van der Waals surface area contributed by atoms with Crippen molar-refractivity contribution in [3.63, 3.8) is 0 Å². The van der Waals surface area contributed by atoms with Crippen molar-refractivity contribution in [3.8, 4) is 11.3 Å². The Morgan fingerprint density at radius 3 is 2.74 bits per heavy atom. The topological polar surface area (TPSA) is 75.4 Å². The molecule has 1 aromatic carbocycles. The van der Waals surface area contributed by atoms with Gasteiger partial charge in [0.25, 0.3) is 0 Å². The third kappa shape index (κ3) is 3.99. The van der Waals surface area contributed by atoms with Gasteiger partial charge in [-0.05, 0) is 19.8 Å². The van der Waals surface area contributed by atoms with Gasteiger partial charge in [0.05, 0.1) is 12.8 Å². The fraction of sp³-hybridized carbons (Fsp3) is 0.444. The van der Waals surface area contributed by atoms with Crippen molar-refractivity contribution in [2.24, 2.45) is 5.41 Å². The highest BCUT2D eigenvalue weighted by Crippen LogP contribution is 2.44. The van der Waals surface area contributed by atoms with Crippen molar-refractivity contribution in [1.82, 2.24) is 10.3 Å². The van der Waals surface area contributed by atoms with E-state index in [1.54, 1.807) is 6.20 Å². The molecule has 5 heteroatoms. The summed E-state index contributed by atoms with van der Waals surface area (Å²) in [5.74, 6) is 1.26. The molecular formula is C18H22N2O3. The molecule has 2 aromatic rings. The highest BCUT2D eigenvalue weighted by atomic mass is 16.4. The molecule has 1 aromatic heterocycles. The molecule has 1 aliphatic rings. The average Bonchev–Trinajstić information content (AvgIpc) is 3.20. The van der Waals surface area contributed by atoms with Crippen LogP contribution in [0.1, 0.15) is 30.7 Å². The van der Waals surface area contributed by atoms with Crippen molar-refractivity contribution < 1.29 is 14.3 Å². The first-order valence-electron chi connectivity index (χ1n) is 8.00. The van der Waals surface area contributed by atoms with Crippen molar-refractivity contribution in [1.29, 1.82) is 0 Å². The van der Waals surface area contributed by atoms with E-state index < -0.39 is 0 Å². The summed E-state index contributed by atoms with van der Waals surface area (Å²) in [6.07, 6.45) is 4.49. The van der Waals surface area contributed by atoms with Gasteiger partial charge < -0.3 is 14.8 Å². The molecule has 0 radical (unpaired) electrons. The molecule has 5 nitrogen and oxygen atoms in total. The molecule has 0 spiro atoms. The van der Waals surface area contributed by atoms with Gasteiger partial charge in [0.2, 0.25) is 5.91 Å². The number of amides is 1. The van der Waals surface area contributed by atoms with E-state index in [0.717, 1.165) is 24.2 Å². The zero-order valence-electron chi connectivity index (χ0n) is 13.3. The number of hydrogen-bond acceptors (Lipinski definition) is 4. The van der Waals surface area contributed by atoms with Crippen molar-refractivity contribution in [2.45, 2.75) is 32.6 Å². The van der Waals surface area contributed by atoms with Crippen LogP contribution in [0.2, 0.25) is 0 Å². The molecule has 0 aliphatic heterocycles. The van der Waals surface area contributed by atoms with E-state index in [4.69, 9.17) is 4.42 Å². The Balaban J connectivity index is 1.49. The van der Waals surface area contributed by atoms with Crippen LogP contribution in [0, 0.1) is 12.3 Å². The summed E-state index contributed by atoms with van der Waals surface area (Å²) in [6, 6.07) is 8.05. The molecule has 23 heavy (non-hydrogen) atoms. The van der Waals surface area contributed by atoms with Gasteiger partial charge in [0.1, 0.15) is 0 Å². The van der Waals surface area contributed by atoms with Crippen molar-refractivity contribution in [3.05, 3.63) is 41.9 Å². The maximum Gasteiger partial charge on any atom is 0.220 e. The number of aliphatic hydroxyl groups excluding tert-OH is 1. The second kappa shape index (κ2) is 6.54. The molecule has 1 fully saturated rings. The van der Waals surface area contributed by atoms with Gasteiger partial charge in [-0.3, -0.25) is 4.79 Å². The van der Waals surface area contributed by atoms with Gasteiger partial charge in [0.15, 0.2) is 11.7 Å². The molecule has 122 valence electrons. The predicted molar refractivity (Wildman–Crippen MR) is 86.8 cm³/mol. The maximum absolute atomic E-state index is 11.9. The second-order valence-corrected chi connectivity index (χ2v) is 6.42. The first-order valence-corrected chi connectivity index (χ1v) is 8.00. The van der Waals surface area contributed by atoms with Crippen LogP contribution < -0.4 is 5.32 Å². The van der Waals surface area contributed by atoms with E-state index in [1.165, 1.54) is 5.56 Å². The summed E-state index contributed by atoms with van der Waals surface area (Å²) in [7, 11) is 0. The van der Waals surface area contributed by atoms with Crippen LogP contribution in [-0.4, -0.2) is 29.1 Å². The van der Waals surface area contributed by atoms with Crippen LogP contribution in [0.25, 0.3) is 11.3 Å². The minimum absolute atomic E-state index is 0.0280. The SMILES string of the molecule is Cc1ccc(-c2cnc(CCC(=O)NCC3(CO)CC3)o2)cc1. The Labute approximate surface area is 135 Å². The smallest absolute Gasteiger partial charge is 0.220 e. The summed E-state index contributed by atoms with van der Waals surface area (Å²) >= 11 is 0. The predicted octanol–water partition coefficient (Wildman–Crippen LogP) is 2.47. The number of nitrogens with zero attached hydrogens (tertiary/aromatic N) is 1. The van der Waals surface area contributed by atoms with Crippen molar-refractivity contribution in [2.75, 3.05) is 13.2 Å². The largest absolute Gasteiger partial charge is 0.441 e. The van der Waals surface area contributed by atoms with Gasteiger partial charge >= 0.3 is 0 Å². The number of benzene rings is 1. The number of aromatic nitrogens is 1. The monoisotopic (exact) mass is 314 g/mol. The Hall–Kier alpha value is -2.14. The average molecular weight is 314 g/mol. The molecular weight excluding hydrogens is 292 g/mol. The first kappa shape index (κ1) is 15.7. The van der Waals surface area contributed by atoms with E-state index in [-0.39, 0.29) is 17.9 Å². The summed E-state index contributed by atoms with van der Waals surface area (Å²) in [5.41, 5.74) is 2.12. The molecule has 1 aliphatic carbocycles. The Kier molecular flexibility index (Phi) is 4.48. The number of rotatable bonds is 7. The summed E-state index contributed by atoms with van der Waals surface area (Å²) < 4.78 is 5.71. The maximum atomic E-state index is 11.9. The van der Waals surface area contributed by atoms with Gasteiger partial charge in [0, 0.05) is 30.4 Å². The number of carbonyl (C=O) groups is 1. The minimum Gasteiger partial charge on any atom is -0.441 e. The number of aryl methyl sites for hydroxylation is 2. The van der Waals surface area contributed by atoms with Crippen molar-refractivity contribution >= 4 is 5.91 Å². The first-order chi connectivity index (χ1) is 11.1. The van der Waals surface area contributed by atoms with Crippen LogP contribution in [-0.2, 0) is 11.2 Å². The van der Waals surface area contributed by atoms with Crippen LogP contribution >= 0.6 is 0 Å². The number of carbonyl (C=O) groups excluding carboxylic acids is 1. The Morgan fingerprint density at radius 1 is 1.35 bits per heavy atom. The lowest BCUT2D eigenvalue weighted by atomic mass is 10.1. The molecule has 0 unspecified atom stereocenters. The fourth-order valence-electron chi connectivity index (χ4n) is 2.44. The van der Waals surface area contributed by atoms with Gasteiger partial charge in [-0.1, -0.05) is 29.8 Å². The normalized spacial score (nSPS) is 15.4. The third-order valence-electron chi connectivity index (χ3n) is 4.41. The van der Waals surface area contributed by atoms with E-state index in [0.29, 0.717) is 25.3 Å². The van der Waals surface area contributed by atoms with Crippen LogP contribution in [0.15, 0.2) is 34.9 Å². The highest BCUT2D eigenvalue weighted by molar-refractivity contribution is 5.76. The van der Waals surface area contributed by atoms with E-state index >= 15 is 0 Å². The summed E-state index contributed by atoms with van der Waals surface area (Å²) in [6.45, 7) is 2.74. The number of nitrogens with one attached hydrogen (secondary N) is 1. The molecule has 0 bridgehead atoms. The van der Waals surface area contributed by atoms with Gasteiger partial charge in [-0.2, -0.15) is 0 Å². The standard InChI is InChI=1S/C18H22N2O3/c1-13-2-4-14(5-3-13)15-10-19-17(23-15)7-6-16(22)20-11-18(12-21)8-9-18/h2-5,10,21H,6-9,11-12H2,1H3,(H,20,22). The number of oxazole rings is 1. The van der Waals surface area contributed by atoms with E-state index in [2.05, 4.69) is 10.3 Å². The lowest BCUT2D eigenvalue weighted by Gasteiger charge is -2.12. The second-order valence-electron chi connectivity index (χ2n) is 6.42. The molecule has 0 atom stereocenters. The number of hydrogen-bond donors (Lipinski definition) is 2. The van der Waals surface area contributed by atoms with Gasteiger partial charge in [-0.15, -0.1) is 0 Å². The van der Waals surface area contributed by atoms with Gasteiger partial charge in [-0.25, -0.2) is 4.98 Å². The van der Waals surface area contributed by atoms with E-state index in [1.807, 2.05) is 31.2 Å². The summed E-state index contributed by atoms with van der Waals surface area (Å²) in [5, 5.41) is 12.1. The lowest BCUT2D eigenvalue weighted by molar-refractivity contribution is -0.121. The molecule has 1 heterocycles. The zero-order valence-corrected chi connectivity index (χ0v) is 13.3. The summed E-state index contributed by atoms with van der Waals surface area (Å²) in [4.78, 5) is 16.1. The van der Waals surface area contributed by atoms with Crippen LogP contribution in [0.3, 0.4) is 0 Å².